The van der Waals surface area contributed by atoms with Crippen LogP contribution in [-0.4, -0.2) is 30.6 Å². The highest BCUT2D eigenvalue weighted by Gasteiger charge is 2.20. The summed E-state index contributed by atoms with van der Waals surface area (Å²) < 4.78 is 13.2. The second-order valence-electron chi connectivity index (χ2n) is 4.31. The maximum absolute atomic E-state index is 6.40. The van der Waals surface area contributed by atoms with Crippen LogP contribution >= 0.6 is 15.9 Å². The smallest absolute Gasteiger partial charge is 0.124 e. The van der Waals surface area contributed by atoms with Gasteiger partial charge in [-0.15, -0.1) is 0 Å². The molecule has 0 saturated carbocycles. The predicted molar refractivity (Wildman–Crippen MR) is 80.8 cm³/mol. The Labute approximate surface area is 126 Å². The van der Waals surface area contributed by atoms with Crippen LogP contribution in [0.4, 0.5) is 0 Å². The van der Waals surface area contributed by atoms with E-state index in [1.165, 1.54) is 0 Å². The predicted octanol–water partition coefficient (Wildman–Crippen LogP) is 2.35. The van der Waals surface area contributed by atoms with Crippen LogP contribution in [0, 0.1) is 0 Å². The lowest BCUT2D eigenvalue weighted by Gasteiger charge is -2.18. The molecular weight excluding hydrogens is 322 g/mol. The van der Waals surface area contributed by atoms with E-state index in [-0.39, 0.29) is 6.04 Å². The first-order chi connectivity index (χ1) is 9.69. The summed E-state index contributed by atoms with van der Waals surface area (Å²) in [4.78, 5) is 0. The van der Waals surface area contributed by atoms with Gasteiger partial charge < -0.3 is 15.2 Å². The van der Waals surface area contributed by atoms with E-state index in [9.17, 15) is 0 Å². The van der Waals surface area contributed by atoms with Crippen molar-refractivity contribution in [3.05, 3.63) is 46.2 Å². The number of halogens is 1. The molecule has 0 amide bonds. The summed E-state index contributed by atoms with van der Waals surface area (Å²) in [6.07, 6.45) is 1.75. The maximum atomic E-state index is 6.40. The SMILES string of the molecule is COCCn1ncc(Br)c1C(N)c1ccccc1OC. The Balaban J connectivity index is 2.37. The second kappa shape index (κ2) is 6.88. The third kappa shape index (κ3) is 3.03. The van der Waals surface area contributed by atoms with Gasteiger partial charge in [0.05, 0.1) is 42.7 Å². The lowest BCUT2D eigenvalue weighted by Crippen LogP contribution is -2.20. The number of ether oxygens (including phenoxy) is 2. The number of benzene rings is 1. The van der Waals surface area contributed by atoms with Gasteiger partial charge in [0.15, 0.2) is 0 Å². The summed E-state index contributed by atoms with van der Waals surface area (Å²) in [6, 6.07) is 7.41. The van der Waals surface area contributed by atoms with E-state index in [0.29, 0.717) is 13.2 Å². The molecule has 108 valence electrons. The topological polar surface area (TPSA) is 62.3 Å². The molecule has 6 heteroatoms. The molecule has 0 aliphatic heterocycles. The summed E-state index contributed by atoms with van der Waals surface area (Å²) >= 11 is 3.51. The Morgan fingerprint density at radius 1 is 1.35 bits per heavy atom. The van der Waals surface area contributed by atoms with Gasteiger partial charge in [-0.25, -0.2) is 0 Å². The Hall–Kier alpha value is -1.37. The number of aromatic nitrogens is 2. The second-order valence-corrected chi connectivity index (χ2v) is 5.17. The van der Waals surface area contributed by atoms with Gasteiger partial charge in [0.2, 0.25) is 0 Å². The van der Waals surface area contributed by atoms with Crippen LogP contribution in [0.2, 0.25) is 0 Å². The van der Waals surface area contributed by atoms with Crippen molar-refractivity contribution >= 4 is 15.9 Å². The van der Waals surface area contributed by atoms with Gasteiger partial charge >= 0.3 is 0 Å². The van der Waals surface area contributed by atoms with Crippen molar-refractivity contribution in [1.29, 1.82) is 0 Å². The van der Waals surface area contributed by atoms with Crippen molar-refractivity contribution in [2.24, 2.45) is 5.73 Å². The molecule has 1 aromatic heterocycles. The van der Waals surface area contributed by atoms with Crippen LogP contribution in [0.25, 0.3) is 0 Å². The summed E-state index contributed by atoms with van der Waals surface area (Å²) in [6.45, 7) is 1.24. The molecule has 0 radical (unpaired) electrons. The molecule has 2 rings (SSSR count). The fraction of sp³-hybridized carbons (Fsp3) is 0.357. The molecule has 0 aliphatic carbocycles. The Morgan fingerprint density at radius 3 is 2.80 bits per heavy atom. The van der Waals surface area contributed by atoms with Gasteiger partial charge in [0.1, 0.15) is 5.75 Å². The van der Waals surface area contributed by atoms with E-state index in [1.54, 1.807) is 20.4 Å². The Kier molecular flexibility index (Phi) is 5.17. The highest BCUT2D eigenvalue weighted by atomic mass is 79.9. The van der Waals surface area contributed by atoms with Gasteiger partial charge in [-0.05, 0) is 22.0 Å². The molecule has 0 aliphatic rings. The zero-order valence-electron chi connectivity index (χ0n) is 11.5. The monoisotopic (exact) mass is 339 g/mol. The van der Waals surface area contributed by atoms with Crippen LogP contribution in [0.3, 0.4) is 0 Å². The Morgan fingerprint density at radius 2 is 2.10 bits per heavy atom. The van der Waals surface area contributed by atoms with Crippen molar-refractivity contribution in [3.8, 4) is 5.75 Å². The van der Waals surface area contributed by atoms with Crippen molar-refractivity contribution in [3.63, 3.8) is 0 Å². The van der Waals surface area contributed by atoms with Gasteiger partial charge in [-0.3, -0.25) is 4.68 Å². The van der Waals surface area contributed by atoms with Crippen molar-refractivity contribution in [2.75, 3.05) is 20.8 Å². The normalized spacial score (nSPS) is 12.4. The zero-order valence-corrected chi connectivity index (χ0v) is 13.1. The van der Waals surface area contributed by atoms with Gasteiger partial charge in [0, 0.05) is 12.7 Å². The van der Waals surface area contributed by atoms with Crippen molar-refractivity contribution in [2.45, 2.75) is 12.6 Å². The molecule has 2 aromatic rings. The standard InChI is InChI=1S/C14H18BrN3O2/c1-19-8-7-18-14(11(15)9-17-18)13(16)10-5-3-4-6-12(10)20-2/h3-6,9,13H,7-8,16H2,1-2H3. The molecular formula is C14H18BrN3O2. The van der Waals surface area contributed by atoms with Crippen LogP contribution in [-0.2, 0) is 11.3 Å². The highest BCUT2D eigenvalue weighted by molar-refractivity contribution is 9.10. The fourth-order valence-corrected chi connectivity index (χ4v) is 2.65. The zero-order chi connectivity index (χ0) is 14.5. The first-order valence-electron chi connectivity index (χ1n) is 6.27. The van der Waals surface area contributed by atoms with Crippen LogP contribution in [0.5, 0.6) is 5.75 Å². The molecule has 0 spiro atoms. The number of methoxy groups -OCH3 is 2. The number of rotatable bonds is 6. The maximum Gasteiger partial charge on any atom is 0.124 e. The third-order valence-electron chi connectivity index (χ3n) is 3.11. The average molecular weight is 340 g/mol. The molecule has 1 atom stereocenters. The molecule has 0 bridgehead atoms. The third-order valence-corrected chi connectivity index (χ3v) is 3.72. The molecule has 0 fully saturated rings. The first kappa shape index (κ1) is 15.0. The number of nitrogens with two attached hydrogens (primary N) is 1. The summed E-state index contributed by atoms with van der Waals surface area (Å²) in [5.74, 6) is 0.770. The minimum atomic E-state index is -0.320. The first-order valence-corrected chi connectivity index (χ1v) is 7.07. The summed E-state index contributed by atoms with van der Waals surface area (Å²) in [7, 11) is 3.31. The van der Waals surface area contributed by atoms with Crippen LogP contribution < -0.4 is 10.5 Å². The fourth-order valence-electron chi connectivity index (χ4n) is 2.11. The van der Waals surface area contributed by atoms with Crippen LogP contribution in [0.1, 0.15) is 17.3 Å². The number of hydrogen-bond acceptors (Lipinski definition) is 4. The summed E-state index contributed by atoms with van der Waals surface area (Å²) in [5.41, 5.74) is 8.23. The van der Waals surface area contributed by atoms with E-state index >= 15 is 0 Å². The quantitative estimate of drug-likeness (QED) is 0.877. The van der Waals surface area contributed by atoms with E-state index in [0.717, 1.165) is 21.5 Å². The number of hydrogen-bond donors (Lipinski definition) is 1. The van der Waals surface area contributed by atoms with Crippen molar-refractivity contribution < 1.29 is 9.47 Å². The minimum absolute atomic E-state index is 0.320. The van der Waals surface area contributed by atoms with Gasteiger partial charge in [-0.1, -0.05) is 18.2 Å². The van der Waals surface area contributed by atoms with E-state index < -0.39 is 0 Å². The molecule has 5 nitrogen and oxygen atoms in total. The Bertz CT molecular complexity index is 571. The number of para-hydroxylation sites is 1. The molecule has 2 N–H and O–H groups in total. The van der Waals surface area contributed by atoms with Gasteiger partial charge in [-0.2, -0.15) is 5.10 Å². The van der Waals surface area contributed by atoms with E-state index in [2.05, 4.69) is 21.0 Å². The minimum Gasteiger partial charge on any atom is -0.496 e. The lowest BCUT2D eigenvalue weighted by molar-refractivity contribution is 0.182. The van der Waals surface area contributed by atoms with Crippen molar-refractivity contribution in [1.82, 2.24) is 9.78 Å². The lowest BCUT2D eigenvalue weighted by atomic mass is 10.0. The van der Waals surface area contributed by atoms with Crippen LogP contribution in [0.15, 0.2) is 34.9 Å². The molecule has 1 aromatic carbocycles. The molecule has 1 heterocycles. The highest BCUT2D eigenvalue weighted by Crippen LogP contribution is 2.31. The van der Waals surface area contributed by atoms with E-state index in [4.69, 9.17) is 15.2 Å². The molecule has 20 heavy (non-hydrogen) atoms. The number of nitrogens with zero attached hydrogens (tertiary/aromatic N) is 2. The molecule has 1 unspecified atom stereocenters. The largest absolute Gasteiger partial charge is 0.496 e. The van der Waals surface area contributed by atoms with E-state index in [1.807, 2.05) is 28.9 Å². The average Bonchev–Trinajstić information content (AvgIpc) is 2.85. The molecule has 0 saturated heterocycles. The summed E-state index contributed by atoms with van der Waals surface area (Å²) in [5, 5.41) is 4.32. The van der Waals surface area contributed by atoms with Gasteiger partial charge in [0.25, 0.3) is 0 Å².